The number of nitrogens with zero attached hydrogens (tertiary/aromatic N) is 3. The van der Waals surface area contributed by atoms with Crippen molar-refractivity contribution in [3.05, 3.63) is 180 Å². The Morgan fingerprint density at radius 1 is 0.603 bits per heavy atom. The first kappa shape index (κ1) is 45.6. The van der Waals surface area contributed by atoms with Gasteiger partial charge in [-0.3, -0.25) is 4.40 Å². The SMILES string of the molecule is CC1=C(C)c2ccccc2C1.I.IC(I)I.ICI.c1ccc(-c2nc3ccccc3[nH]2)cc1.c1ccc2c(c1)Cc1c-2c2ccccc2c2nc3ccccc3n12. The normalized spacial score (nSPS) is 11.9. The molecule has 294 valence electrons. The van der Waals surface area contributed by atoms with Crippen molar-refractivity contribution in [3.63, 3.8) is 0 Å². The van der Waals surface area contributed by atoms with Gasteiger partial charge in [-0.05, 0) is 77.7 Å². The molecular weight excluding hydrogens is 1390 g/mol. The second kappa shape index (κ2) is 21.8. The number of para-hydroxylation sites is 4. The molecule has 0 radical (unpaired) electrons. The van der Waals surface area contributed by atoms with E-state index < -0.39 is 0 Å². The number of rotatable bonds is 1. The van der Waals surface area contributed by atoms with Crippen molar-refractivity contribution >= 4 is 181 Å². The molecule has 3 aromatic heterocycles. The maximum absolute atomic E-state index is 4.95. The van der Waals surface area contributed by atoms with Gasteiger partial charge in [-0.2, -0.15) is 0 Å². The summed E-state index contributed by atoms with van der Waals surface area (Å²) in [4.78, 5) is 12.8. The Balaban J connectivity index is 0.000000144. The third-order valence-electron chi connectivity index (χ3n) is 10.2. The van der Waals surface area contributed by atoms with Gasteiger partial charge < -0.3 is 4.98 Å². The van der Waals surface area contributed by atoms with Crippen LogP contribution in [0.4, 0.5) is 0 Å². The Bertz CT molecular complexity index is 2790. The van der Waals surface area contributed by atoms with Crippen molar-refractivity contribution in [1.82, 2.24) is 19.4 Å². The third kappa shape index (κ3) is 10.4. The van der Waals surface area contributed by atoms with Gasteiger partial charge in [0.25, 0.3) is 0 Å². The Kier molecular flexibility index (Phi) is 17.1. The topological polar surface area (TPSA) is 46.0 Å². The molecule has 4 nitrogen and oxygen atoms in total. The van der Waals surface area contributed by atoms with Crippen LogP contribution in [0.3, 0.4) is 0 Å². The van der Waals surface area contributed by atoms with E-state index in [4.69, 9.17) is 4.98 Å². The zero-order chi connectivity index (χ0) is 39.9. The van der Waals surface area contributed by atoms with Crippen LogP contribution in [0.15, 0.2) is 157 Å². The van der Waals surface area contributed by atoms with E-state index in [-0.39, 0.29) is 24.0 Å². The number of halogens is 6. The molecule has 11 rings (SSSR count). The first-order chi connectivity index (χ1) is 27.8. The summed E-state index contributed by atoms with van der Waals surface area (Å²) < 4.78 is 4.30. The van der Waals surface area contributed by atoms with Crippen molar-refractivity contribution in [3.8, 4) is 22.5 Å². The van der Waals surface area contributed by atoms with E-state index in [2.05, 4.69) is 250 Å². The maximum Gasteiger partial charge on any atom is 0.146 e. The molecule has 0 amide bonds. The van der Waals surface area contributed by atoms with Crippen LogP contribution >= 0.6 is 137 Å². The number of aromatic amines is 1. The maximum atomic E-state index is 4.95. The van der Waals surface area contributed by atoms with Gasteiger partial charge in [0, 0.05) is 28.6 Å². The minimum Gasteiger partial charge on any atom is -0.338 e. The summed E-state index contributed by atoms with van der Waals surface area (Å²) in [6, 6.07) is 52.7. The molecule has 0 atom stereocenters. The van der Waals surface area contributed by atoms with Gasteiger partial charge in [-0.1, -0.05) is 246 Å². The van der Waals surface area contributed by atoms with Gasteiger partial charge in [0.15, 0.2) is 0 Å². The fourth-order valence-corrected chi connectivity index (χ4v) is 7.58. The lowest BCUT2D eigenvalue weighted by molar-refractivity contribution is 1.08. The summed E-state index contributed by atoms with van der Waals surface area (Å²) in [5.74, 6) is 0.928. The fourth-order valence-electron chi connectivity index (χ4n) is 7.58. The number of hydrogen-bond acceptors (Lipinski definition) is 2. The van der Waals surface area contributed by atoms with Crippen molar-refractivity contribution in [2.75, 3.05) is 2.43 Å². The van der Waals surface area contributed by atoms with Crippen molar-refractivity contribution < 1.29 is 0 Å². The Hall–Kier alpha value is -1.88. The molecule has 0 unspecified atom stereocenters. The average molecular weight is 1430 g/mol. The molecule has 0 fully saturated rings. The molecule has 3 heterocycles. The van der Waals surface area contributed by atoms with Crippen LogP contribution < -0.4 is 0 Å². The summed E-state index contributed by atoms with van der Waals surface area (Å²) >= 11 is 11.5. The smallest absolute Gasteiger partial charge is 0.146 e. The number of nitrogens with one attached hydrogen (secondary N) is 1. The zero-order valence-electron chi connectivity index (χ0n) is 31.8. The number of benzene rings is 6. The van der Waals surface area contributed by atoms with Crippen LogP contribution in [0.2, 0.25) is 0 Å². The molecule has 0 saturated heterocycles. The van der Waals surface area contributed by atoms with E-state index in [1.54, 1.807) is 0 Å². The quantitative estimate of drug-likeness (QED) is 0.132. The number of allylic oxidation sites excluding steroid dienone is 2. The van der Waals surface area contributed by atoms with Gasteiger partial charge in [-0.15, -0.1) is 24.0 Å². The Labute approximate surface area is 425 Å². The van der Waals surface area contributed by atoms with Crippen LogP contribution in [0.1, 0.15) is 36.2 Å². The number of hydrogen-bond donors (Lipinski definition) is 1. The Morgan fingerprint density at radius 2 is 1.14 bits per heavy atom. The highest BCUT2D eigenvalue weighted by molar-refractivity contribution is 14.3. The molecule has 1 N–H and O–H groups in total. The molecule has 2 aliphatic rings. The summed E-state index contributed by atoms with van der Waals surface area (Å²) in [5.41, 5.74) is 18.0. The first-order valence-electron chi connectivity index (χ1n) is 18.5. The van der Waals surface area contributed by atoms with E-state index in [1.165, 1.54) is 63.4 Å². The van der Waals surface area contributed by atoms with Crippen LogP contribution in [0.5, 0.6) is 0 Å². The van der Waals surface area contributed by atoms with E-state index in [0.29, 0.717) is 0 Å². The molecule has 0 aliphatic heterocycles. The van der Waals surface area contributed by atoms with Crippen molar-refractivity contribution in [2.45, 2.75) is 26.6 Å². The summed E-state index contributed by atoms with van der Waals surface area (Å²) in [6.45, 7) is 4.43. The van der Waals surface area contributed by atoms with E-state index in [1.807, 2.05) is 42.5 Å². The number of imidazole rings is 2. The largest absolute Gasteiger partial charge is 0.338 e. The monoisotopic (exact) mass is 1430 g/mol. The minimum absolute atomic E-state index is 0. The molecule has 58 heavy (non-hydrogen) atoms. The number of alkyl halides is 5. The highest BCUT2D eigenvalue weighted by Gasteiger charge is 2.25. The summed E-state index contributed by atoms with van der Waals surface area (Å²) in [6.07, 6.45) is 2.12. The Morgan fingerprint density at radius 3 is 1.81 bits per heavy atom. The van der Waals surface area contributed by atoms with Crippen molar-refractivity contribution in [1.29, 1.82) is 0 Å². The van der Waals surface area contributed by atoms with Gasteiger partial charge in [0.1, 0.15) is 11.4 Å². The lowest BCUT2D eigenvalue weighted by Gasteiger charge is -2.11. The highest BCUT2D eigenvalue weighted by atomic mass is 127. The first-order valence-corrected chi connectivity index (χ1v) is 25.3. The molecular formula is C48H40I6N4. The minimum atomic E-state index is 0. The van der Waals surface area contributed by atoms with E-state index in [0.717, 1.165) is 46.4 Å². The predicted octanol–water partition coefficient (Wildman–Crippen LogP) is 16.5. The van der Waals surface area contributed by atoms with Crippen LogP contribution in [0.25, 0.3) is 66.6 Å². The predicted molar refractivity (Wildman–Crippen MR) is 303 cm³/mol. The van der Waals surface area contributed by atoms with Crippen LogP contribution in [-0.4, -0.2) is 21.7 Å². The average Bonchev–Trinajstić information content (AvgIpc) is 4.01. The molecule has 2 aliphatic carbocycles. The van der Waals surface area contributed by atoms with Gasteiger partial charge in [0.2, 0.25) is 0 Å². The standard InChI is InChI=1S/C22H14N2.C13H10N2.C11H12.CHI3.CH2I2.HI/c1-2-8-15-14(7-1)13-20-21(15)16-9-3-4-10-17(16)22-23-18-11-5-6-12-19(18)24(20)22;1-2-6-10(7-3-1)13-14-11-8-4-5-9-12(11)15-13;1-8-7-10-5-3-4-6-11(10)9(8)2;2-1(3)4;2-1-3;/h1-12H,13H2;1-9H,(H,14,15);3-6H,7H2,1-2H3;1H;1H2;1H. The van der Waals surface area contributed by atoms with Gasteiger partial charge >= 0.3 is 0 Å². The molecule has 10 heteroatoms. The molecule has 0 spiro atoms. The second-order valence-electron chi connectivity index (χ2n) is 13.5. The number of pyridine rings is 1. The summed E-state index contributed by atoms with van der Waals surface area (Å²) in [5, 5.41) is 2.53. The molecule has 6 aromatic carbocycles. The fraction of sp³-hybridized carbons (Fsp3) is 0.125. The summed E-state index contributed by atoms with van der Waals surface area (Å²) in [7, 11) is 0. The van der Waals surface area contributed by atoms with Crippen molar-refractivity contribution in [2.24, 2.45) is 0 Å². The lowest BCUT2D eigenvalue weighted by atomic mass is 10.0. The molecule has 9 aromatic rings. The van der Waals surface area contributed by atoms with E-state index >= 15 is 0 Å². The van der Waals surface area contributed by atoms with Gasteiger partial charge in [-0.25, -0.2) is 9.97 Å². The number of aromatic nitrogens is 4. The van der Waals surface area contributed by atoms with Gasteiger partial charge in [0.05, 0.1) is 24.5 Å². The van der Waals surface area contributed by atoms with Crippen LogP contribution in [0, 0.1) is 0 Å². The number of H-pyrrole nitrogens is 1. The second-order valence-corrected chi connectivity index (χ2v) is 28.8. The van der Waals surface area contributed by atoms with Crippen LogP contribution in [-0.2, 0) is 12.8 Å². The highest BCUT2D eigenvalue weighted by Crippen LogP contribution is 2.43. The lowest BCUT2D eigenvalue weighted by Crippen LogP contribution is -1.97. The van der Waals surface area contributed by atoms with E-state index in [9.17, 15) is 0 Å². The zero-order valence-corrected chi connectivity index (χ0v) is 44.9. The number of fused-ring (bicyclic) bond motifs is 12. The molecule has 0 bridgehead atoms. The molecule has 0 saturated carbocycles. The third-order valence-corrected chi connectivity index (χ3v) is 10.2.